The lowest BCUT2D eigenvalue weighted by Gasteiger charge is -2.12. The van der Waals surface area contributed by atoms with E-state index in [1.807, 2.05) is 0 Å². The first-order valence-corrected chi connectivity index (χ1v) is 7.98. The number of thiocarbonyl (C=S) groups is 1. The molecule has 2 fully saturated rings. The quantitative estimate of drug-likeness (QED) is 0.629. The molecule has 1 N–H and O–H groups in total. The Balaban J connectivity index is 1.85. The fraction of sp³-hybridized carbons (Fsp3) is 0.375. The van der Waals surface area contributed by atoms with Gasteiger partial charge >= 0.3 is 6.61 Å². The molecule has 0 aromatic heterocycles. The molecule has 0 radical (unpaired) electrons. The summed E-state index contributed by atoms with van der Waals surface area (Å²) in [7, 11) is 0. The summed E-state index contributed by atoms with van der Waals surface area (Å²) >= 11 is 5.19. The number of nitrogens with zero attached hydrogens (tertiary/aromatic N) is 1. The molecule has 1 heterocycles. The van der Waals surface area contributed by atoms with Crippen LogP contribution in [0.2, 0.25) is 0 Å². The molecular weight excluding hydrogens is 338 g/mol. The van der Waals surface area contributed by atoms with Gasteiger partial charge < -0.3 is 14.8 Å². The Morgan fingerprint density at radius 1 is 1.42 bits per heavy atom. The number of ether oxygens (including phenoxy) is 2. The Hall–Kier alpha value is -2.22. The van der Waals surface area contributed by atoms with Gasteiger partial charge in [-0.25, -0.2) is 0 Å². The highest BCUT2D eigenvalue weighted by molar-refractivity contribution is 7.80. The molecule has 128 valence electrons. The molecule has 3 rings (SSSR count). The molecule has 1 saturated heterocycles. The molecule has 24 heavy (non-hydrogen) atoms. The van der Waals surface area contributed by atoms with Crippen LogP contribution in [0.3, 0.4) is 0 Å². The maximum Gasteiger partial charge on any atom is 0.387 e. The number of carbonyl (C=O) groups is 1. The van der Waals surface area contributed by atoms with Gasteiger partial charge in [0.1, 0.15) is 5.70 Å². The first-order chi connectivity index (χ1) is 11.5. The molecule has 1 aromatic carbocycles. The summed E-state index contributed by atoms with van der Waals surface area (Å²) in [6, 6.07) is 4.70. The minimum absolute atomic E-state index is 0.0464. The van der Waals surface area contributed by atoms with Crippen molar-refractivity contribution in [2.75, 3.05) is 6.61 Å². The minimum Gasteiger partial charge on any atom is -0.490 e. The molecule has 0 spiro atoms. The second kappa shape index (κ2) is 6.72. The normalized spacial score (nSPS) is 19.2. The van der Waals surface area contributed by atoms with Crippen molar-refractivity contribution in [3.8, 4) is 11.5 Å². The molecule has 2 aliphatic rings. The third kappa shape index (κ3) is 3.48. The van der Waals surface area contributed by atoms with Gasteiger partial charge in [0.2, 0.25) is 0 Å². The number of amides is 1. The Labute approximate surface area is 143 Å². The van der Waals surface area contributed by atoms with E-state index < -0.39 is 6.61 Å². The molecule has 0 unspecified atom stereocenters. The highest BCUT2D eigenvalue weighted by Crippen LogP contribution is 2.33. The van der Waals surface area contributed by atoms with E-state index in [1.54, 1.807) is 30.0 Å². The van der Waals surface area contributed by atoms with Gasteiger partial charge in [-0.1, -0.05) is 6.07 Å². The third-order valence-electron chi connectivity index (χ3n) is 3.62. The van der Waals surface area contributed by atoms with Gasteiger partial charge in [0.15, 0.2) is 16.6 Å². The molecule has 1 aromatic rings. The van der Waals surface area contributed by atoms with Crippen LogP contribution in [0.15, 0.2) is 23.9 Å². The molecule has 0 bridgehead atoms. The van der Waals surface area contributed by atoms with Gasteiger partial charge in [0.05, 0.1) is 6.61 Å². The number of carbonyl (C=O) groups excluding carboxylic acids is 1. The van der Waals surface area contributed by atoms with E-state index in [0.29, 0.717) is 23.0 Å². The lowest BCUT2D eigenvalue weighted by molar-refractivity contribution is -0.122. The number of halogens is 2. The average Bonchev–Trinajstić information content (AvgIpc) is 3.29. The number of hydrogen-bond acceptors (Lipinski definition) is 4. The van der Waals surface area contributed by atoms with Gasteiger partial charge in [-0.05, 0) is 55.8 Å². The van der Waals surface area contributed by atoms with Gasteiger partial charge in [-0.2, -0.15) is 8.78 Å². The van der Waals surface area contributed by atoms with Crippen LogP contribution in [0, 0.1) is 0 Å². The van der Waals surface area contributed by atoms with Crippen molar-refractivity contribution in [2.45, 2.75) is 32.4 Å². The standard InChI is InChI=1S/C16H16F2N2O3S/c1-2-22-13-8-9(3-6-12(13)23-15(17)18)7-11-14(21)20(10-4-5-10)16(24)19-11/h3,6-8,10,15H,2,4-5H2,1H3,(H,19,24)/b11-7-. The van der Waals surface area contributed by atoms with E-state index in [2.05, 4.69) is 10.1 Å². The Bertz CT molecular complexity index is 705. The summed E-state index contributed by atoms with van der Waals surface area (Å²) < 4.78 is 34.6. The van der Waals surface area contributed by atoms with Gasteiger partial charge in [0, 0.05) is 6.04 Å². The maximum absolute atomic E-state index is 12.4. The highest BCUT2D eigenvalue weighted by Gasteiger charge is 2.41. The predicted molar refractivity (Wildman–Crippen MR) is 87.8 cm³/mol. The lowest BCUT2D eigenvalue weighted by atomic mass is 10.1. The summed E-state index contributed by atoms with van der Waals surface area (Å²) in [5.41, 5.74) is 0.980. The predicted octanol–water partition coefficient (Wildman–Crippen LogP) is 2.91. The van der Waals surface area contributed by atoms with Crippen LogP contribution >= 0.6 is 12.2 Å². The van der Waals surface area contributed by atoms with Crippen molar-refractivity contribution in [1.82, 2.24) is 10.2 Å². The third-order valence-corrected chi connectivity index (χ3v) is 3.92. The van der Waals surface area contributed by atoms with Gasteiger partial charge in [-0.15, -0.1) is 0 Å². The van der Waals surface area contributed by atoms with E-state index in [0.717, 1.165) is 12.8 Å². The van der Waals surface area contributed by atoms with Crippen molar-refractivity contribution in [3.63, 3.8) is 0 Å². The fourth-order valence-corrected chi connectivity index (χ4v) is 2.80. The molecule has 1 aliphatic heterocycles. The Kier molecular flexibility index (Phi) is 4.66. The smallest absolute Gasteiger partial charge is 0.387 e. The van der Waals surface area contributed by atoms with E-state index in [-0.39, 0.29) is 23.4 Å². The van der Waals surface area contributed by atoms with Crippen LogP contribution in [0.1, 0.15) is 25.3 Å². The summed E-state index contributed by atoms with van der Waals surface area (Å²) in [6.45, 7) is -0.891. The number of nitrogens with one attached hydrogen (secondary N) is 1. The summed E-state index contributed by atoms with van der Waals surface area (Å²) in [6.07, 6.45) is 3.52. The Morgan fingerprint density at radius 3 is 2.79 bits per heavy atom. The van der Waals surface area contributed by atoms with E-state index in [4.69, 9.17) is 17.0 Å². The largest absolute Gasteiger partial charge is 0.490 e. The molecule has 1 amide bonds. The number of benzene rings is 1. The zero-order valence-corrected chi connectivity index (χ0v) is 13.7. The van der Waals surface area contributed by atoms with Crippen LogP contribution in [0.25, 0.3) is 6.08 Å². The van der Waals surface area contributed by atoms with Crippen LogP contribution in [0.4, 0.5) is 8.78 Å². The van der Waals surface area contributed by atoms with E-state index >= 15 is 0 Å². The molecule has 1 saturated carbocycles. The van der Waals surface area contributed by atoms with Crippen molar-refractivity contribution in [2.24, 2.45) is 0 Å². The minimum atomic E-state index is -2.93. The van der Waals surface area contributed by atoms with Crippen LogP contribution < -0.4 is 14.8 Å². The second-order valence-electron chi connectivity index (χ2n) is 5.41. The molecular formula is C16H16F2N2O3S. The number of hydrogen-bond donors (Lipinski definition) is 1. The molecule has 0 atom stereocenters. The first-order valence-electron chi connectivity index (χ1n) is 7.57. The lowest BCUT2D eigenvalue weighted by Crippen LogP contribution is -2.32. The fourth-order valence-electron chi connectivity index (χ4n) is 2.46. The molecule has 5 nitrogen and oxygen atoms in total. The van der Waals surface area contributed by atoms with Crippen LogP contribution in [-0.4, -0.2) is 35.2 Å². The van der Waals surface area contributed by atoms with Crippen LogP contribution in [-0.2, 0) is 4.79 Å². The number of alkyl halides is 2. The molecule has 8 heteroatoms. The van der Waals surface area contributed by atoms with Crippen molar-refractivity contribution < 1.29 is 23.0 Å². The number of rotatable bonds is 6. The SMILES string of the molecule is CCOc1cc(/C=C2\NC(=S)N(C3CC3)C2=O)ccc1OC(F)F. The van der Waals surface area contributed by atoms with Crippen molar-refractivity contribution >= 4 is 29.3 Å². The second-order valence-corrected chi connectivity index (χ2v) is 5.80. The zero-order chi connectivity index (χ0) is 17.3. The molecule has 1 aliphatic carbocycles. The maximum atomic E-state index is 12.4. The topological polar surface area (TPSA) is 50.8 Å². The monoisotopic (exact) mass is 354 g/mol. The van der Waals surface area contributed by atoms with Gasteiger partial charge in [-0.3, -0.25) is 9.69 Å². The average molecular weight is 354 g/mol. The highest BCUT2D eigenvalue weighted by atomic mass is 32.1. The van der Waals surface area contributed by atoms with E-state index in [9.17, 15) is 13.6 Å². The van der Waals surface area contributed by atoms with Crippen molar-refractivity contribution in [1.29, 1.82) is 0 Å². The Morgan fingerprint density at radius 2 is 2.17 bits per heavy atom. The summed E-state index contributed by atoms with van der Waals surface area (Å²) in [5.74, 6) is -0.0255. The van der Waals surface area contributed by atoms with Crippen LogP contribution in [0.5, 0.6) is 11.5 Å². The van der Waals surface area contributed by atoms with Crippen molar-refractivity contribution in [3.05, 3.63) is 29.5 Å². The summed E-state index contributed by atoms with van der Waals surface area (Å²) in [5, 5.41) is 3.30. The summed E-state index contributed by atoms with van der Waals surface area (Å²) in [4.78, 5) is 14.0. The van der Waals surface area contributed by atoms with E-state index in [1.165, 1.54) is 6.07 Å². The first kappa shape index (κ1) is 16.6. The zero-order valence-electron chi connectivity index (χ0n) is 12.9. The van der Waals surface area contributed by atoms with Gasteiger partial charge in [0.25, 0.3) is 5.91 Å².